The summed E-state index contributed by atoms with van der Waals surface area (Å²) in [7, 11) is 3.23. The minimum Gasteiger partial charge on any atom is -0.393 e. The zero-order chi connectivity index (χ0) is 54.0. The van der Waals surface area contributed by atoms with Crippen LogP contribution in [-0.4, -0.2) is 98.1 Å². The number of aliphatic hydroxyl groups excluding tert-OH is 2. The van der Waals surface area contributed by atoms with Gasteiger partial charge in [0.1, 0.15) is 36.6 Å². The molecule has 12 heteroatoms. The number of rotatable bonds is 32. The Kier molecular flexibility index (Phi) is 24.5. The van der Waals surface area contributed by atoms with Crippen LogP contribution >= 0.6 is 0 Å². The van der Waals surface area contributed by atoms with Crippen molar-refractivity contribution in [2.24, 2.45) is 0 Å². The second-order valence-corrected chi connectivity index (χ2v) is 20.2. The van der Waals surface area contributed by atoms with Crippen molar-refractivity contribution >= 4 is 0 Å². The lowest BCUT2D eigenvalue weighted by Crippen LogP contribution is -2.61. The van der Waals surface area contributed by atoms with E-state index in [4.69, 9.17) is 47.4 Å². The van der Waals surface area contributed by atoms with Gasteiger partial charge in [-0.25, -0.2) is 0 Å². The molecule has 12 nitrogen and oxygen atoms in total. The van der Waals surface area contributed by atoms with Crippen LogP contribution in [0.15, 0.2) is 194 Å². The number of unbranched alkanes of at least 4 members (excludes halogenated alkanes) is 2. The molecule has 12 atom stereocenters. The summed E-state index contributed by atoms with van der Waals surface area (Å²) in [5, 5.41) is 23.2. The summed E-state index contributed by atoms with van der Waals surface area (Å²) in [5.74, 6) is 0. The third-order valence-electron chi connectivity index (χ3n) is 14.4. The van der Waals surface area contributed by atoms with E-state index in [2.05, 4.69) is 12.2 Å². The molecule has 6 aromatic rings. The van der Waals surface area contributed by atoms with Gasteiger partial charge in [0.05, 0.1) is 64.1 Å². The SMILES string of the molecule is CO[C@H]1O[C@H](C[C@H](O)CCC/C=C/CCC[C@@H](O)C[C@H]2O[C@H](OC)[C@H](OCc3ccccc3)[C@@H](OCc3ccccc3)[C@@H]2OCc2ccccc2)[C@@H](OCc2ccccc2)[C@H](OCc2ccccc2)[C@H]1OCc1ccccc1. The van der Waals surface area contributed by atoms with Crippen LogP contribution in [0.1, 0.15) is 84.7 Å². The van der Waals surface area contributed by atoms with Crippen molar-refractivity contribution in [3.05, 3.63) is 228 Å². The molecule has 78 heavy (non-hydrogen) atoms. The molecule has 0 aromatic heterocycles. The van der Waals surface area contributed by atoms with Gasteiger partial charge in [-0.05, 0) is 71.9 Å². The van der Waals surface area contributed by atoms with Gasteiger partial charge in [-0.2, -0.15) is 0 Å². The van der Waals surface area contributed by atoms with Gasteiger partial charge >= 0.3 is 0 Å². The highest BCUT2D eigenvalue weighted by Gasteiger charge is 2.50. The third-order valence-corrected chi connectivity index (χ3v) is 14.4. The van der Waals surface area contributed by atoms with Crippen molar-refractivity contribution in [2.45, 2.75) is 165 Å². The molecular weight excluding hydrogens is 985 g/mol. The number of aliphatic hydroxyl groups is 2. The van der Waals surface area contributed by atoms with E-state index in [-0.39, 0.29) is 0 Å². The maximum atomic E-state index is 11.6. The van der Waals surface area contributed by atoms with E-state index >= 15 is 0 Å². The van der Waals surface area contributed by atoms with Gasteiger partial charge in [0.2, 0.25) is 0 Å². The second-order valence-electron chi connectivity index (χ2n) is 20.2. The van der Waals surface area contributed by atoms with Crippen LogP contribution in [0, 0.1) is 0 Å². The average molecular weight is 1070 g/mol. The van der Waals surface area contributed by atoms with E-state index in [9.17, 15) is 10.2 Å². The van der Waals surface area contributed by atoms with Crippen LogP contribution in [0.4, 0.5) is 0 Å². The molecule has 0 spiro atoms. The lowest BCUT2D eigenvalue weighted by Gasteiger charge is -2.46. The fraction of sp³-hybridized carbons (Fsp3) is 0.424. The second kappa shape index (κ2) is 32.6. The molecular formula is C66H80O12. The summed E-state index contributed by atoms with van der Waals surface area (Å²) in [6.45, 7) is 2.01. The van der Waals surface area contributed by atoms with Crippen molar-refractivity contribution in [2.75, 3.05) is 14.2 Å². The molecule has 2 N–H and O–H groups in total. The molecule has 0 saturated carbocycles. The zero-order valence-corrected chi connectivity index (χ0v) is 45.3. The van der Waals surface area contributed by atoms with Crippen LogP contribution in [0.2, 0.25) is 0 Å². The first-order chi connectivity index (χ1) is 38.4. The molecule has 0 unspecified atom stereocenters. The third kappa shape index (κ3) is 18.6. The van der Waals surface area contributed by atoms with Gasteiger partial charge in [-0.3, -0.25) is 0 Å². The van der Waals surface area contributed by atoms with E-state index in [1.165, 1.54) is 0 Å². The molecule has 2 saturated heterocycles. The highest BCUT2D eigenvalue weighted by molar-refractivity contribution is 5.18. The minimum absolute atomic E-state index is 0.326. The van der Waals surface area contributed by atoms with E-state index in [1.807, 2.05) is 182 Å². The molecule has 6 aromatic carbocycles. The lowest BCUT2D eigenvalue weighted by atomic mass is 9.92. The van der Waals surface area contributed by atoms with Crippen LogP contribution in [0.5, 0.6) is 0 Å². The van der Waals surface area contributed by atoms with Gasteiger partial charge in [0.25, 0.3) is 0 Å². The molecule has 0 aliphatic carbocycles. The Hall–Kier alpha value is -5.42. The Morgan fingerprint density at radius 3 is 0.859 bits per heavy atom. The smallest absolute Gasteiger partial charge is 0.186 e. The van der Waals surface area contributed by atoms with Crippen molar-refractivity contribution in [3.8, 4) is 0 Å². The summed E-state index contributed by atoms with van der Waals surface area (Å²) in [5.41, 5.74) is 6.11. The van der Waals surface area contributed by atoms with Crippen LogP contribution in [0.3, 0.4) is 0 Å². The normalized spacial score (nSPS) is 24.3. The first-order valence-electron chi connectivity index (χ1n) is 27.7. The Balaban J connectivity index is 0.853. The highest BCUT2D eigenvalue weighted by Crippen LogP contribution is 2.35. The van der Waals surface area contributed by atoms with Crippen molar-refractivity contribution in [1.29, 1.82) is 0 Å². The quantitative estimate of drug-likeness (QED) is 0.0308. The van der Waals surface area contributed by atoms with E-state index < -0.39 is 73.6 Å². The molecule has 8 rings (SSSR count). The molecule has 2 heterocycles. The summed E-state index contributed by atoms with van der Waals surface area (Å²) < 4.78 is 65.5. The Bertz CT molecular complexity index is 2350. The molecule has 0 bridgehead atoms. The van der Waals surface area contributed by atoms with E-state index in [0.717, 1.165) is 59.1 Å². The molecule has 416 valence electrons. The molecule has 0 amide bonds. The summed E-state index contributed by atoms with van der Waals surface area (Å²) in [6.07, 6.45) is 1.81. The number of allylic oxidation sites excluding steroid dienone is 2. The standard InChI is InChI=1S/C66H80O12/c1-69-65-63(75-47-53-35-21-11-22-36-53)61(73-45-51-31-17-9-18-32-51)59(71-43-49-27-13-7-14-28-49)57(77-65)41-55(67)39-25-5-3-4-6-26-40-56(68)42-58-60(72-44-50-29-15-8-16-30-50)62(74-46-52-33-19-10-20-34-52)64(66(70-2)78-58)76-48-54-37-23-12-24-38-54/h3-4,7-24,27-38,55-68H,5-6,25-26,39-48H2,1-2H3/b4-3+/t55-,56-,57-,58-,59-,60-,61+,62+,63-,64-,65+,66+/m1/s1. The maximum absolute atomic E-state index is 11.6. The maximum Gasteiger partial charge on any atom is 0.186 e. The monoisotopic (exact) mass is 1060 g/mol. The zero-order valence-electron chi connectivity index (χ0n) is 45.3. The number of hydrogen-bond acceptors (Lipinski definition) is 12. The van der Waals surface area contributed by atoms with Gasteiger partial charge in [0.15, 0.2) is 12.6 Å². The number of benzene rings is 6. The first-order valence-corrected chi connectivity index (χ1v) is 27.7. The van der Waals surface area contributed by atoms with E-state index in [1.54, 1.807) is 14.2 Å². The fourth-order valence-electron chi connectivity index (χ4n) is 10.2. The first kappa shape index (κ1) is 58.7. The van der Waals surface area contributed by atoms with Crippen LogP contribution < -0.4 is 0 Å². The Morgan fingerprint density at radius 1 is 0.359 bits per heavy atom. The lowest BCUT2D eigenvalue weighted by molar-refractivity contribution is -0.320. The molecule has 0 radical (unpaired) electrons. The molecule has 2 aliphatic heterocycles. The summed E-state index contributed by atoms with van der Waals surface area (Å²) >= 11 is 0. The highest BCUT2D eigenvalue weighted by atomic mass is 16.7. The predicted molar refractivity (Wildman–Crippen MR) is 300 cm³/mol. The van der Waals surface area contributed by atoms with Gasteiger partial charge < -0.3 is 57.6 Å². The van der Waals surface area contributed by atoms with Crippen LogP contribution in [0.25, 0.3) is 0 Å². The van der Waals surface area contributed by atoms with Crippen molar-refractivity contribution in [3.63, 3.8) is 0 Å². The van der Waals surface area contributed by atoms with Crippen molar-refractivity contribution in [1.82, 2.24) is 0 Å². The number of hydrogen-bond donors (Lipinski definition) is 2. The predicted octanol–water partition coefficient (Wildman–Crippen LogP) is 11.6. The van der Waals surface area contributed by atoms with Gasteiger partial charge in [-0.15, -0.1) is 0 Å². The van der Waals surface area contributed by atoms with Gasteiger partial charge in [-0.1, -0.05) is 194 Å². The average Bonchev–Trinajstić information content (AvgIpc) is 3.55. The Labute approximate surface area is 462 Å². The summed E-state index contributed by atoms with van der Waals surface area (Å²) in [6, 6.07) is 60.2. The molecule has 2 fully saturated rings. The minimum atomic E-state index is -0.760. The Morgan fingerprint density at radius 2 is 0.603 bits per heavy atom. The van der Waals surface area contributed by atoms with Gasteiger partial charge in [0, 0.05) is 27.1 Å². The number of methoxy groups -OCH3 is 2. The van der Waals surface area contributed by atoms with Crippen molar-refractivity contribution < 1.29 is 57.6 Å². The van der Waals surface area contributed by atoms with Crippen LogP contribution in [-0.2, 0) is 87.0 Å². The molecule has 2 aliphatic rings. The fourth-order valence-corrected chi connectivity index (χ4v) is 10.2. The van der Waals surface area contributed by atoms with E-state index in [0.29, 0.717) is 65.3 Å². The largest absolute Gasteiger partial charge is 0.393 e. The topological polar surface area (TPSA) is 133 Å². The number of ether oxygens (including phenoxy) is 10. The summed E-state index contributed by atoms with van der Waals surface area (Å²) in [4.78, 5) is 0.